The molecule has 0 radical (unpaired) electrons. The van der Waals surface area contributed by atoms with Crippen molar-refractivity contribution in [3.63, 3.8) is 0 Å². The van der Waals surface area contributed by atoms with Gasteiger partial charge in [-0.25, -0.2) is 4.98 Å². The van der Waals surface area contributed by atoms with Gasteiger partial charge in [0.1, 0.15) is 12.4 Å². The van der Waals surface area contributed by atoms with Crippen molar-refractivity contribution in [3.05, 3.63) is 42.6 Å². The van der Waals surface area contributed by atoms with E-state index in [0.29, 0.717) is 5.69 Å². The fourth-order valence-electron chi connectivity index (χ4n) is 1.76. The molecule has 1 aromatic carbocycles. The first-order valence-corrected chi connectivity index (χ1v) is 5.77. The van der Waals surface area contributed by atoms with Crippen LogP contribution in [0.15, 0.2) is 42.6 Å². The van der Waals surface area contributed by atoms with E-state index in [2.05, 4.69) is 4.98 Å². The largest absolute Gasteiger partial charge is 0.406 e. The first-order chi connectivity index (χ1) is 9.37. The van der Waals surface area contributed by atoms with Crippen LogP contribution in [0.2, 0.25) is 0 Å². The molecule has 0 saturated carbocycles. The van der Waals surface area contributed by atoms with E-state index in [4.69, 9.17) is 11.5 Å². The molecule has 0 aliphatic heterocycles. The first kappa shape index (κ1) is 14.0. The Balaban J connectivity index is 2.45. The van der Waals surface area contributed by atoms with E-state index in [-0.39, 0.29) is 17.2 Å². The number of nitrogens with two attached hydrogens (primary N) is 2. The number of alkyl halides is 3. The van der Waals surface area contributed by atoms with Gasteiger partial charge in [-0.2, -0.15) is 13.2 Å². The molecule has 0 aliphatic rings. The number of pyridine rings is 1. The number of aromatic nitrogens is 1. The van der Waals surface area contributed by atoms with E-state index in [1.165, 1.54) is 30.5 Å². The second-order valence-electron chi connectivity index (χ2n) is 4.21. The number of hydrogen-bond acceptors (Lipinski definition) is 4. The molecule has 2 rings (SSSR count). The van der Waals surface area contributed by atoms with Crippen molar-refractivity contribution < 1.29 is 13.2 Å². The number of nitrogens with zero attached hydrogens (tertiary/aromatic N) is 2. The zero-order valence-corrected chi connectivity index (χ0v) is 10.4. The van der Waals surface area contributed by atoms with Crippen LogP contribution in [0.4, 0.5) is 36.1 Å². The molecule has 1 aromatic heterocycles. The van der Waals surface area contributed by atoms with Gasteiger partial charge in [0.2, 0.25) is 0 Å². The van der Waals surface area contributed by atoms with Crippen LogP contribution >= 0.6 is 0 Å². The third kappa shape index (κ3) is 3.31. The van der Waals surface area contributed by atoms with Crippen LogP contribution in [0.3, 0.4) is 0 Å². The quantitative estimate of drug-likeness (QED) is 0.849. The number of halogens is 3. The molecule has 0 aliphatic carbocycles. The van der Waals surface area contributed by atoms with Gasteiger partial charge in [0.15, 0.2) is 0 Å². The second-order valence-corrected chi connectivity index (χ2v) is 4.21. The number of para-hydroxylation sites is 2. The maximum Gasteiger partial charge on any atom is 0.406 e. The predicted molar refractivity (Wildman–Crippen MR) is 72.6 cm³/mol. The van der Waals surface area contributed by atoms with Crippen LogP contribution < -0.4 is 16.4 Å². The Bertz CT molecular complexity index is 581. The molecule has 0 saturated heterocycles. The molecule has 0 spiro atoms. The molecule has 7 heteroatoms. The standard InChI is InChI=1S/C13H13F3N4/c14-13(15,16)8-20(11-4-2-1-3-10(11)18)12-6-5-9(17)7-19-12/h1-7H,8,17-18H2. The minimum absolute atomic E-state index is 0.134. The molecule has 2 aromatic rings. The maximum atomic E-state index is 12.8. The van der Waals surface area contributed by atoms with Crippen LogP contribution in [-0.4, -0.2) is 17.7 Å². The van der Waals surface area contributed by atoms with E-state index in [1.807, 2.05) is 0 Å². The SMILES string of the molecule is Nc1ccc(N(CC(F)(F)F)c2ccccc2N)nc1. The smallest absolute Gasteiger partial charge is 0.397 e. The van der Waals surface area contributed by atoms with Gasteiger partial charge in [0.25, 0.3) is 0 Å². The molecule has 4 nitrogen and oxygen atoms in total. The third-order valence-corrected chi connectivity index (χ3v) is 2.61. The summed E-state index contributed by atoms with van der Waals surface area (Å²) in [5, 5.41) is 0. The third-order valence-electron chi connectivity index (χ3n) is 2.61. The van der Waals surface area contributed by atoms with E-state index < -0.39 is 12.7 Å². The normalized spacial score (nSPS) is 11.3. The Morgan fingerprint density at radius 1 is 1.05 bits per heavy atom. The van der Waals surface area contributed by atoms with Gasteiger partial charge < -0.3 is 16.4 Å². The summed E-state index contributed by atoms with van der Waals surface area (Å²) in [6, 6.07) is 9.24. The van der Waals surface area contributed by atoms with Crippen molar-refractivity contribution in [1.29, 1.82) is 0 Å². The lowest BCUT2D eigenvalue weighted by molar-refractivity contribution is -0.118. The lowest BCUT2D eigenvalue weighted by Gasteiger charge is -2.26. The van der Waals surface area contributed by atoms with Gasteiger partial charge in [0.05, 0.1) is 23.3 Å². The van der Waals surface area contributed by atoms with Crippen molar-refractivity contribution >= 4 is 22.9 Å². The fourth-order valence-corrected chi connectivity index (χ4v) is 1.76. The number of rotatable bonds is 3. The summed E-state index contributed by atoms with van der Waals surface area (Å²) < 4.78 is 38.3. The van der Waals surface area contributed by atoms with Crippen molar-refractivity contribution in [3.8, 4) is 0 Å². The van der Waals surface area contributed by atoms with Gasteiger partial charge in [0, 0.05) is 0 Å². The van der Waals surface area contributed by atoms with E-state index in [9.17, 15) is 13.2 Å². The fraction of sp³-hybridized carbons (Fsp3) is 0.154. The Hall–Kier alpha value is -2.44. The molecule has 0 fully saturated rings. The van der Waals surface area contributed by atoms with Crippen LogP contribution in [0.1, 0.15) is 0 Å². The number of anilines is 4. The Kier molecular flexibility index (Phi) is 3.69. The zero-order chi connectivity index (χ0) is 14.8. The molecule has 0 amide bonds. The van der Waals surface area contributed by atoms with Crippen molar-refractivity contribution in [1.82, 2.24) is 4.98 Å². The Labute approximate surface area is 113 Å². The van der Waals surface area contributed by atoms with Gasteiger partial charge in [-0.3, -0.25) is 0 Å². The highest BCUT2D eigenvalue weighted by molar-refractivity contribution is 5.73. The highest BCUT2D eigenvalue weighted by Crippen LogP contribution is 2.32. The van der Waals surface area contributed by atoms with Crippen LogP contribution in [0, 0.1) is 0 Å². The zero-order valence-electron chi connectivity index (χ0n) is 10.4. The van der Waals surface area contributed by atoms with Crippen molar-refractivity contribution in [2.45, 2.75) is 6.18 Å². The lowest BCUT2D eigenvalue weighted by atomic mass is 10.2. The van der Waals surface area contributed by atoms with Crippen molar-refractivity contribution in [2.75, 3.05) is 22.9 Å². The van der Waals surface area contributed by atoms with E-state index in [0.717, 1.165) is 4.90 Å². The minimum Gasteiger partial charge on any atom is -0.397 e. The summed E-state index contributed by atoms with van der Waals surface area (Å²) in [7, 11) is 0. The summed E-state index contributed by atoms with van der Waals surface area (Å²) in [5.74, 6) is 0.134. The average molecular weight is 282 g/mol. The van der Waals surface area contributed by atoms with Crippen molar-refractivity contribution in [2.24, 2.45) is 0 Å². The van der Waals surface area contributed by atoms with Crippen LogP contribution in [-0.2, 0) is 0 Å². The lowest BCUT2D eigenvalue weighted by Crippen LogP contribution is -2.31. The topological polar surface area (TPSA) is 68.2 Å². The summed E-state index contributed by atoms with van der Waals surface area (Å²) in [6.45, 7) is -1.18. The number of nitrogen functional groups attached to an aromatic ring is 2. The molecule has 20 heavy (non-hydrogen) atoms. The summed E-state index contributed by atoms with van der Waals surface area (Å²) in [4.78, 5) is 4.93. The summed E-state index contributed by atoms with van der Waals surface area (Å²) in [6.07, 6.45) is -3.08. The molecular formula is C13H13F3N4. The van der Waals surface area contributed by atoms with Gasteiger partial charge >= 0.3 is 6.18 Å². The predicted octanol–water partition coefficient (Wildman–Crippen LogP) is 2.95. The average Bonchev–Trinajstić information content (AvgIpc) is 2.37. The minimum atomic E-state index is -4.38. The molecular weight excluding hydrogens is 269 g/mol. The highest BCUT2D eigenvalue weighted by atomic mass is 19.4. The molecule has 106 valence electrons. The summed E-state index contributed by atoms with van der Waals surface area (Å²) in [5.41, 5.74) is 12.1. The Morgan fingerprint density at radius 3 is 2.30 bits per heavy atom. The van der Waals surface area contributed by atoms with Gasteiger partial charge in [-0.15, -0.1) is 0 Å². The second kappa shape index (κ2) is 5.28. The summed E-state index contributed by atoms with van der Waals surface area (Å²) >= 11 is 0. The number of hydrogen-bond donors (Lipinski definition) is 2. The first-order valence-electron chi connectivity index (χ1n) is 5.77. The monoisotopic (exact) mass is 282 g/mol. The molecule has 1 heterocycles. The van der Waals surface area contributed by atoms with Gasteiger partial charge in [-0.05, 0) is 24.3 Å². The van der Waals surface area contributed by atoms with E-state index in [1.54, 1.807) is 12.1 Å². The van der Waals surface area contributed by atoms with Gasteiger partial charge in [-0.1, -0.05) is 12.1 Å². The molecule has 0 atom stereocenters. The Morgan fingerprint density at radius 2 is 1.75 bits per heavy atom. The number of benzene rings is 1. The molecule has 4 N–H and O–H groups in total. The van der Waals surface area contributed by atoms with Crippen LogP contribution in [0.5, 0.6) is 0 Å². The highest BCUT2D eigenvalue weighted by Gasteiger charge is 2.32. The molecule has 0 bridgehead atoms. The van der Waals surface area contributed by atoms with E-state index >= 15 is 0 Å². The van der Waals surface area contributed by atoms with Crippen LogP contribution in [0.25, 0.3) is 0 Å². The molecule has 0 unspecified atom stereocenters. The maximum absolute atomic E-state index is 12.8.